The minimum absolute atomic E-state index is 0.00143. The van der Waals surface area contributed by atoms with Crippen LogP contribution in [0.5, 0.6) is 11.5 Å². The number of methoxy groups -OCH3 is 1. The molecule has 0 N–H and O–H groups in total. The number of nitrogens with zero attached hydrogens (tertiary/aromatic N) is 2. The van der Waals surface area contributed by atoms with Crippen LogP contribution in [0.4, 0.5) is 11.4 Å². The minimum Gasteiger partial charge on any atom is -0.497 e. The highest BCUT2D eigenvalue weighted by Crippen LogP contribution is 2.38. The molecule has 160 valence electrons. The van der Waals surface area contributed by atoms with Crippen molar-refractivity contribution in [1.82, 2.24) is 0 Å². The molecule has 10 nitrogen and oxygen atoms in total. The molecule has 3 rings (SSSR count). The Balaban J connectivity index is 1.90. The fraction of sp³-hybridized carbons (Fsp3) is 0.316. The number of nitro groups is 1. The Morgan fingerprint density at radius 2 is 1.90 bits per heavy atom. The highest BCUT2D eigenvalue weighted by atomic mass is 32.2. The average Bonchev–Trinajstić information content (AvgIpc) is 2.70. The Labute approximate surface area is 173 Å². The van der Waals surface area contributed by atoms with Crippen molar-refractivity contribution in [2.75, 3.05) is 24.9 Å². The molecule has 2 aromatic rings. The van der Waals surface area contributed by atoms with E-state index in [-0.39, 0.29) is 36.7 Å². The first-order valence-corrected chi connectivity index (χ1v) is 10.7. The van der Waals surface area contributed by atoms with E-state index in [4.69, 9.17) is 13.7 Å². The van der Waals surface area contributed by atoms with Crippen LogP contribution in [-0.2, 0) is 25.6 Å². The van der Waals surface area contributed by atoms with Crippen LogP contribution in [0.2, 0.25) is 0 Å². The molecule has 1 atom stereocenters. The van der Waals surface area contributed by atoms with E-state index in [1.165, 1.54) is 23.1 Å². The van der Waals surface area contributed by atoms with Gasteiger partial charge in [-0.2, -0.15) is 8.42 Å². The van der Waals surface area contributed by atoms with Gasteiger partial charge in [-0.05, 0) is 23.8 Å². The van der Waals surface area contributed by atoms with Crippen LogP contribution < -0.4 is 14.4 Å². The summed E-state index contributed by atoms with van der Waals surface area (Å²) in [5.41, 5.74) is 0.865. The highest BCUT2D eigenvalue weighted by Gasteiger charge is 2.35. The van der Waals surface area contributed by atoms with Gasteiger partial charge in [-0.1, -0.05) is 12.1 Å². The molecule has 0 aliphatic carbocycles. The van der Waals surface area contributed by atoms with Gasteiger partial charge in [0, 0.05) is 18.6 Å². The van der Waals surface area contributed by atoms with E-state index in [0.29, 0.717) is 5.75 Å². The van der Waals surface area contributed by atoms with Gasteiger partial charge in [0.25, 0.3) is 21.7 Å². The van der Waals surface area contributed by atoms with Crippen LogP contribution in [-0.4, -0.2) is 45.3 Å². The lowest BCUT2D eigenvalue weighted by Gasteiger charge is -2.34. The molecule has 1 heterocycles. The number of hydrogen-bond acceptors (Lipinski definition) is 8. The molecular weight excluding hydrogens is 416 g/mol. The van der Waals surface area contributed by atoms with Crippen molar-refractivity contribution in [3.63, 3.8) is 0 Å². The second-order valence-electron chi connectivity index (χ2n) is 6.60. The number of hydrogen-bond donors (Lipinski definition) is 0. The first-order valence-electron chi connectivity index (χ1n) is 8.92. The molecule has 0 bridgehead atoms. The Kier molecular flexibility index (Phi) is 6.22. The predicted molar refractivity (Wildman–Crippen MR) is 107 cm³/mol. The maximum absolute atomic E-state index is 13.1. The van der Waals surface area contributed by atoms with Gasteiger partial charge in [-0.3, -0.25) is 19.1 Å². The van der Waals surface area contributed by atoms with Crippen LogP contribution in [0, 0.1) is 10.1 Å². The number of amides is 1. The van der Waals surface area contributed by atoms with E-state index in [1.807, 2.05) is 0 Å². The summed E-state index contributed by atoms with van der Waals surface area (Å²) in [5.74, 6) is 0.493. The molecule has 30 heavy (non-hydrogen) atoms. The Bertz CT molecular complexity index is 1050. The van der Waals surface area contributed by atoms with Crippen molar-refractivity contribution in [2.45, 2.75) is 19.1 Å². The molecule has 0 saturated heterocycles. The maximum atomic E-state index is 13.1. The fourth-order valence-electron chi connectivity index (χ4n) is 2.99. The van der Waals surface area contributed by atoms with Crippen molar-refractivity contribution >= 4 is 27.4 Å². The topological polar surface area (TPSA) is 125 Å². The number of anilines is 1. The molecule has 2 aromatic carbocycles. The van der Waals surface area contributed by atoms with Crippen molar-refractivity contribution in [3.8, 4) is 11.5 Å². The number of nitro benzene ring substituents is 1. The third kappa shape index (κ3) is 5.05. The number of fused-ring (bicyclic) bond motifs is 1. The van der Waals surface area contributed by atoms with Crippen LogP contribution in [0.3, 0.4) is 0 Å². The molecule has 0 aromatic heterocycles. The van der Waals surface area contributed by atoms with E-state index in [0.717, 1.165) is 11.8 Å². The van der Waals surface area contributed by atoms with Gasteiger partial charge in [-0.25, -0.2) is 0 Å². The zero-order chi connectivity index (χ0) is 21.9. The van der Waals surface area contributed by atoms with Gasteiger partial charge in [0.15, 0.2) is 6.10 Å². The zero-order valence-electron chi connectivity index (χ0n) is 16.3. The molecule has 1 amide bonds. The van der Waals surface area contributed by atoms with Crippen LogP contribution >= 0.6 is 0 Å². The predicted octanol–water partition coefficient (Wildman–Crippen LogP) is 2.26. The molecule has 1 aliphatic heterocycles. The van der Waals surface area contributed by atoms with Gasteiger partial charge in [0.2, 0.25) is 0 Å². The summed E-state index contributed by atoms with van der Waals surface area (Å²) in [6, 6.07) is 11.0. The molecular formula is C19H20N2O8S. The van der Waals surface area contributed by atoms with Crippen molar-refractivity contribution in [2.24, 2.45) is 0 Å². The lowest BCUT2D eigenvalue weighted by molar-refractivity contribution is -0.384. The first kappa shape index (κ1) is 21.5. The quantitative estimate of drug-likeness (QED) is 0.350. The van der Waals surface area contributed by atoms with E-state index >= 15 is 0 Å². The average molecular weight is 436 g/mol. The monoisotopic (exact) mass is 436 g/mol. The van der Waals surface area contributed by atoms with Gasteiger partial charge in [-0.15, -0.1) is 0 Å². The summed E-state index contributed by atoms with van der Waals surface area (Å²) >= 11 is 0. The fourth-order valence-corrected chi connectivity index (χ4v) is 3.39. The van der Waals surface area contributed by atoms with Gasteiger partial charge < -0.3 is 14.4 Å². The van der Waals surface area contributed by atoms with Gasteiger partial charge in [0.1, 0.15) is 11.5 Å². The Hall–Kier alpha value is -3.18. The molecule has 1 unspecified atom stereocenters. The summed E-state index contributed by atoms with van der Waals surface area (Å²) < 4.78 is 37.9. The number of ether oxygens (including phenoxy) is 2. The van der Waals surface area contributed by atoms with E-state index in [1.54, 1.807) is 31.4 Å². The third-order valence-corrected chi connectivity index (χ3v) is 5.03. The zero-order valence-corrected chi connectivity index (χ0v) is 17.1. The summed E-state index contributed by atoms with van der Waals surface area (Å²) in [5, 5.41) is 11.2. The molecule has 1 aliphatic rings. The summed E-state index contributed by atoms with van der Waals surface area (Å²) in [6.07, 6.45) is -0.0680. The summed E-state index contributed by atoms with van der Waals surface area (Å²) in [6.45, 7) is -0.0856. The molecule has 0 saturated carbocycles. The molecule has 0 radical (unpaired) electrons. The second kappa shape index (κ2) is 8.67. The van der Waals surface area contributed by atoms with Crippen molar-refractivity contribution in [1.29, 1.82) is 0 Å². The lowest BCUT2D eigenvalue weighted by Crippen LogP contribution is -2.46. The standard InChI is InChI=1S/C19H20N2O8S/c1-27-15-6-3-13(4-7-15)12-20-16-11-14(21(23)24)5-8-17(16)29-18(19(20)22)9-10-28-30(2,25)26/h3-8,11,18H,9-10,12H2,1-2H3. The largest absolute Gasteiger partial charge is 0.497 e. The van der Waals surface area contributed by atoms with Crippen LogP contribution in [0.1, 0.15) is 12.0 Å². The van der Waals surface area contributed by atoms with E-state index in [9.17, 15) is 23.3 Å². The molecule has 0 spiro atoms. The van der Waals surface area contributed by atoms with Crippen LogP contribution in [0.15, 0.2) is 42.5 Å². The number of rotatable bonds is 8. The van der Waals surface area contributed by atoms with Crippen molar-refractivity contribution in [3.05, 3.63) is 58.1 Å². The number of non-ortho nitro benzene ring substituents is 1. The van der Waals surface area contributed by atoms with Crippen LogP contribution in [0.25, 0.3) is 0 Å². The maximum Gasteiger partial charge on any atom is 0.271 e. The second-order valence-corrected chi connectivity index (χ2v) is 8.25. The van der Waals surface area contributed by atoms with E-state index in [2.05, 4.69) is 0 Å². The Morgan fingerprint density at radius 3 is 2.50 bits per heavy atom. The SMILES string of the molecule is COc1ccc(CN2C(=O)C(CCOS(C)(=O)=O)Oc3ccc([N+](=O)[O-])cc32)cc1. The number of carbonyl (C=O) groups excluding carboxylic acids is 1. The van der Waals surface area contributed by atoms with Crippen molar-refractivity contribution < 1.29 is 31.8 Å². The number of benzene rings is 2. The van der Waals surface area contributed by atoms with Gasteiger partial charge >= 0.3 is 0 Å². The van der Waals surface area contributed by atoms with E-state index < -0.39 is 27.1 Å². The number of carbonyl (C=O) groups is 1. The minimum atomic E-state index is -3.65. The smallest absolute Gasteiger partial charge is 0.271 e. The van der Waals surface area contributed by atoms with Gasteiger partial charge in [0.05, 0.1) is 37.1 Å². The Morgan fingerprint density at radius 1 is 1.20 bits per heavy atom. The molecule has 0 fully saturated rings. The third-order valence-electron chi connectivity index (χ3n) is 4.43. The normalized spacial score (nSPS) is 16.0. The molecule has 11 heteroatoms. The summed E-state index contributed by atoms with van der Waals surface area (Å²) in [7, 11) is -2.11. The lowest BCUT2D eigenvalue weighted by atomic mass is 10.1. The summed E-state index contributed by atoms with van der Waals surface area (Å²) in [4.78, 5) is 25.1. The highest BCUT2D eigenvalue weighted by molar-refractivity contribution is 7.85. The first-order chi connectivity index (χ1) is 14.2.